The van der Waals surface area contributed by atoms with Crippen LogP contribution >= 0.6 is 11.6 Å². The lowest BCUT2D eigenvalue weighted by atomic mass is 9.91. The number of aryl methyl sites for hydroxylation is 1. The summed E-state index contributed by atoms with van der Waals surface area (Å²) in [4.78, 5) is 13.1. The van der Waals surface area contributed by atoms with E-state index in [4.69, 9.17) is 11.6 Å². The molecule has 3 aromatic rings. The Kier molecular flexibility index (Phi) is 5.46. The molecule has 1 aliphatic rings. The zero-order valence-electron chi connectivity index (χ0n) is 15.8. The van der Waals surface area contributed by atoms with Crippen LogP contribution in [-0.4, -0.2) is 28.8 Å². The number of nitrogens with one attached hydrogen (secondary N) is 2. The summed E-state index contributed by atoms with van der Waals surface area (Å²) in [5.74, 6) is 0.0943. The van der Waals surface area contributed by atoms with E-state index in [0.29, 0.717) is 16.3 Å². The number of piperidine rings is 1. The minimum atomic E-state index is -0.180. The topological polar surface area (TPSA) is 59.0 Å². The van der Waals surface area contributed by atoms with Crippen LogP contribution in [0.2, 0.25) is 5.02 Å². The van der Waals surface area contributed by atoms with Gasteiger partial charge in [0, 0.05) is 5.92 Å². The molecule has 2 N–H and O–H groups in total. The first-order valence-electron chi connectivity index (χ1n) is 9.55. The highest BCUT2D eigenvalue weighted by Gasteiger charge is 2.27. The summed E-state index contributed by atoms with van der Waals surface area (Å²) in [5, 5.41) is 11.4. The fourth-order valence-electron chi connectivity index (χ4n) is 3.74. The Morgan fingerprint density at radius 1 is 1.18 bits per heavy atom. The number of halogens is 1. The van der Waals surface area contributed by atoms with Gasteiger partial charge in [0.15, 0.2) is 0 Å². The fraction of sp³-hybridized carbons (Fsp3) is 0.273. The molecule has 0 spiro atoms. The first kappa shape index (κ1) is 18.7. The third kappa shape index (κ3) is 3.81. The second kappa shape index (κ2) is 8.17. The van der Waals surface area contributed by atoms with E-state index in [2.05, 4.69) is 34.8 Å². The van der Waals surface area contributed by atoms with E-state index in [-0.39, 0.29) is 11.8 Å². The van der Waals surface area contributed by atoms with Crippen molar-refractivity contribution in [3.05, 3.63) is 76.6 Å². The van der Waals surface area contributed by atoms with Gasteiger partial charge in [-0.2, -0.15) is 5.10 Å². The Morgan fingerprint density at radius 3 is 2.71 bits per heavy atom. The van der Waals surface area contributed by atoms with Crippen molar-refractivity contribution in [1.82, 2.24) is 15.1 Å². The monoisotopic (exact) mass is 394 g/mol. The summed E-state index contributed by atoms with van der Waals surface area (Å²) in [6.07, 6.45) is 3.62. The van der Waals surface area contributed by atoms with Gasteiger partial charge in [0.05, 0.1) is 33.9 Å². The van der Waals surface area contributed by atoms with Gasteiger partial charge in [-0.1, -0.05) is 35.9 Å². The van der Waals surface area contributed by atoms with Crippen LogP contribution in [0.1, 0.15) is 40.4 Å². The first-order chi connectivity index (χ1) is 13.6. The summed E-state index contributed by atoms with van der Waals surface area (Å²) < 4.78 is 1.92. The number of carbonyl (C=O) groups is 1. The van der Waals surface area contributed by atoms with Crippen LogP contribution in [0.15, 0.2) is 54.7 Å². The van der Waals surface area contributed by atoms with Gasteiger partial charge in [-0.15, -0.1) is 0 Å². The van der Waals surface area contributed by atoms with Crippen LogP contribution in [0.5, 0.6) is 0 Å². The second-order valence-electron chi connectivity index (χ2n) is 7.15. The molecule has 1 aliphatic heterocycles. The third-order valence-corrected chi connectivity index (χ3v) is 5.47. The molecule has 5 nitrogen and oxygen atoms in total. The van der Waals surface area contributed by atoms with Crippen LogP contribution in [-0.2, 0) is 0 Å². The van der Waals surface area contributed by atoms with Gasteiger partial charge in [0.2, 0.25) is 0 Å². The predicted molar refractivity (Wildman–Crippen MR) is 113 cm³/mol. The molecule has 2 aromatic carbocycles. The first-order valence-corrected chi connectivity index (χ1v) is 9.93. The lowest BCUT2D eigenvalue weighted by Crippen LogP contribution is -2.29. The predicted octanol–water partition coefficient (Wildman–Crippen LogP) is 4.55. The van der Waals surface area contributed by atoms with Gasteiger partial charge in [-0.05, 0) is 62.7 Å². The van der Waals surface area contributed by atoms with E-state index < -0.39 is 0 Å². The van der Waals surface area contributed by atoms with E-state index in [9.17, 15) is 4.79 Å². The van der Waals surface area contributed by atoms with E-state index in [1.165, 1.54) is 0 Å². The van der Waals surface area contributed by atoms with E-state index >= 15 is 0 Å². The van der Waals surface area contributed by atoms with Gasteiger partial charge >= 0.3 is 0 Å². The van der Waals surface area contributed by atoms with Crippen molar-refractivity contribution in [3.63, 3.8) is 0 Å². The molecular formula is C22H23ClN4O. The van der Waals surface area contributed by atoms with Crippen molar-refractivity contribution in [2.75, 3.05) is 18.4 Å². The maximum Gasteiger partial charge on any atom is 0.259 e. The number of benzene rings is 2. The van der Waals surface area contributed by atoms with E-state index in [0.717, 1.165) is 42.9 Å². The summed E-state index contributed by atoms with van der Waals surface area (Å²) in [6.45, 7) is 3.94. The molecule has 144 valence electrons. The van der Waals surface area contributed by atoms with Gasteiger partial charge in [0.1, 0.15) is 0 Å². The van der Waals surface area contributed by atoms with Gasteiger partial charge in [0.25, 0.3) is 5.91 Å². The van der Waals surface area contributed by atoms with Crippen LogP contribution < -0.4 is 10.6 Å². The molecule has 1 fully saturated rings. The van der Waals surface area contributed by atoms with Gasteiger partial charge in [-0.25, -0.2) is 4.68 Å². The lowest BCUT2D eigenvalue weighted by molar-refractivity contribution is 0.102. The Balaban J connectivity index is 1.74. The number of hydrogen-bond donors (Lipinski definition) is 2. The average molecular weight is 395 g/mol. The number of hydrogen-bond acceptors (Lipinski definition) is 3. The third-order valence-electron chi connectivity index (χ3n) is 5.15. The number of amides is 1. The van der Waals surface area contributed by atoms with Gasteiger partial charge < -0.3 is 10.6 Å². The Labute approximate surface area is 169 Å². The average Bonchev–Trinajstić information content (AvgIpc) is 3.16. The number of para-hydroxylation sites is 1. The summed E-state index contributed by atoms with van der Waals surface area (Å²) >= 11 is 6.22. The molecule has 28 heavy (non-hydrogen) atoms. The fourth-order valence-corrected chi connectivity index (χ4v) is 3.92. The van der Waals surface area contributed by atoms with Crippen molar-refractivity contribution >= 4 is 23.2 Å². The Hall–Kier alpha value is -2.63. The maximum absolute atomic E-state index is 13.1. The standard InChI is InChI=1S/C22H23ClN4O/c1-15-5-4-6-17(13-15)27-21(16-9-11-24-12-10-16)18(14-25-27)22(28)26-20-8-3-2-7-19(20)23/h2-8,13-14,16,24H,9-12H2,1H3,(H,26,28). The van der Waals surface area contributed by atoms with Crippen molar-refractivity contribution in [1.29, 1.82) is 0 Å². The molecule has 0 unspecified atom stereocenters. The number of nitrogens with zero attached hydrogens (tertiary/aromatic N) is 2. The summed E-state index contributed by atoms with van der Waals surface area (Å²) in [6, 6.07) is 15.5. The zero-order valence-corrected chi connectivity index (χ0v) is 16.5. The minimum Gasteiger partial charge on any atom is -0.321 e. The molecule has 1 amide bonds. The highest BCUT2D eigenvalue weighted by molar-refractivity contribution is 6.33. The maximum atomic E-state index is 13.1. The Bertz CT molecular complexity index is 992. The van der Waals surface area contributed by atoms with Crippen molar-refractivity contribution in [2.45, 2.75) is 25.7 Å². The smallest absolute Gasteiger partial charge is 0.259 e. The summed E-state index contributed by atoms with van der Waals surface area (Å²) in [7, 11) is 0. The van der Waals surface area contributed by atoms with E-state index in [1.54, 1.807) is 18.3 Å². The number of carbonyl (C=O) groups excluding carboxylic acids is 1. The van der Waals surface area contributed by atoms with Gasteiger partial charge in [-0.3, -0.25) is 4.79 Å². The van der Waals surface area contributed by atoms with Crippen molar-refractivity contribution in [2.24, 2.45) is 0 Å². The zero-order chi connectivity index (χ0) is 19.5. The molecule has 2 heterocycles. The highest BCUT2D eigenvalue weighted by atomic mass is 35.5. The lowest BCUT2D eigenvalue weighted by Gasteiger charge is -2.25. The van der Waals surface area contributed by atoms with Crippen LogP contribution in [0.25, 0.3) is 5.69 Å². The molecule has 0 atom stereocenters. The number of aromatic nitrogens is 2. The minimum absolute atomic E-state index is 0.180. The number of anilines is 1. The molecule has 0 saturated carbocycles. The molecule has 1 aromatic heterocycles. The number of rotatable bonds is 4. The normalized spacial score (nSPS) is 14.8. The second-order valence-corrected chi connectivity index (χ2v) is 7.56. The quantitative estimate of drug-likeness (QED) is 0.682. The summed E-state index contributed by atoms with van der Waals surface area (Å²) in [5.41, 5.74) is 4.32. The van der Waals surface area contributed by atoms with Crippen molar-refractivity contribution in [3.8, 4) is 5.69 Å². The molecule has 1 saturated heterocycles. The molecule has 0 aliphatic carbocycles. The van der Waals surface area contributed by atoms with Crippen LogP contribution in [0.4, 0.5) is 5.69 Å². The highest BCUT2D eigenvalue weighted by Crippen LogP contribution is 2.31. The molecule has 0 radical (unpaired) electrons. The van der Waals surface area contributed by atoms with E-state index in [1.807, 2.05) is 28.9 Å². The SMILES string of the molecule is Cc1cccc(-n2ncc(C(=O)Nc3ccccc3Cl)c2C2CCNCC2)c1. The van der Waals surface area contributed by atoms with Crippen LogP contribution in [0.3, 0.4) is 0 Å². The molecule has 4 rings (SSSR count). The molecular weight excluding hydrogens is 372 g/mol. The molecule has 6 heteroatoms. The molecule has 0 bridgehead atoms. The largest absolute Gasteiger partial charge is 0.321 e. The van der Waals surface area contributed by atoms with Crippen LogP contribution in [0, 0.1) is 6.92 Å². The Morgan fingerprint density at radius 2 is 1.96 bits per heavy atom. The van der Waals surface area contributed by atoms with Crippen molar-refractivity contribution < 1.29 is 4.79 Å².